The Morgan fingerprint density at radius 1 is 1.23 bits per heavy atom. The molecular weight excluding hydrogens is 332 g/mol. The molecule has 0 aliphatic carbocycles. The highest BCUT2D eigenvalue weighted by atomic mass is 16.5. The summed E-state index contributed by atoms with van der Waals surface area (Å²) in [5.41, 5.74) is 1.08. The van der Waals surface area contributed by atoms with Crippen LogP contribution >= 0.6 is 0 Å². The van der Waals surface area contributed by atoms with Gasteiger partial charge in [-0.05, 0) is 18.6 Å². The molecule has 1 atom stereocenters. The Morgan fingerprint density at radius 2 is 2.04 bits per heavy atom. The molecule has 1 unspecified atom stereocenters. The monoisotopic (exact) mass is 354 g/mol. The second kappa shape index (κ2) is 6.57. The molecule has 1 spiro atoms. The summed E-state index contributed by atoms with van der Waals surface area (Å²) < 4.78 is 7.45. The number of para-hydroxylation sites is 1. The number of imidazole rings is 1. The second-order valence-electron chi connectivity index (χ2n) is 7.21. The first kappa shape index (κ1) is 16.8. The number of anilines is 1. The van der Waals surface area contributed by atoms with Crippen molar-refractivity contribution in [1.82, 2.24) is 14.5 Å². The summed E-state index contributed by atoms with van der Waals surface area (Å²) in [5.74, 6) is -0.105. The molecule has 2 amide bonds. The number of rotatable bonds is 2. The van der Waals surface area contributed by atoms with E-state index in [9.17, 15) is 9.59 Å². The SMILES string of the molecule is Cn1cnc(C(=O)N2CCC3(COCC(=O)N(c4ccccc4)C3)C2)c1. The molecule has 7 nitrogen and oxygen atoms in total. The van der Waals surface area contributed by atoms with Crippen molar-refractivity contribution in [2.45, 2.75) is 6.42 Å². The van der Waals surface area contributed by atoms with Gasteiger partial charge in [-0.15, -0.1) is 0 Å². The van der Waals surface area contributed by atoms with Crippen LogP contribution in [0.1, 0.15) is 16.9 Å². The molecule has 4 rings (SSSR count). The van der Waals surface area contributed by atoms with Gasteiger partial charge < -0.3 is 19.1 Å². The summed E-state index contributed by atoms with van der Waals surface area (Å²) in [5, 5.41) is 0. The van der Waals surface area contributed by atoms with Gasteiger partial charge in [0.1, 0.15) is 12.3 Å². The molecule has 136 valence electrons. The fourth-order valence-electron chi connectivity index (χ4n) is 3.79. The molecule has 1 aromatic heterocycles. The van der Waals surface area contributed by atoms with Crippen molar-refractivity contribution in [2.75, 3.05) is 37.7 Å². The minimum absolute atomic E-state index is 0.0393. The van der Waals surface area contributed by atoms with Crippen molar-refractivity contribution in [3.05, 3.63) is 48.5 Å². The van der Waals surface area contributed by atoms with Crippen LogP contribution in [0.4, 0.5) is 5.69 Å². The van der Waals surface area contributed by atoms with Crippen molar-refractivity contribution in [3.8, 4) is 0 Å². The van der Waals surface area contributed by atoms with Gasteiger partial charge in [0.05, 0.1) is 12.9 Å². The fraction of sp³-hybridized carbons (Fsp3) is 0.421. The Hall–Kier alpha value is -2.67. The summed E-state index contributed by atoms with van der Waals surface area (Å²) in [6.07, 6.45) is 4.17. The van der Waals surface area contributed by atoms with E-state index in [1.54, 1.807) is 22.0 Å². The summed E-state index contributed by atoms with van der Waals surface area (Å²) in [6, 6.07) is 9.64. The minimum Gasteiger partial charge on any atom is -0.371 e. The van der Waals surface area contributed by atoms with Gasteiger partial charge in [-0.25, -0.2) is 4.98 Å². The van der Waals surface area contributed by atoms with Crippen molar-refractivity contribution in [1.29, 1.82) is 0 Å². The van der Waals surface area contributed by atoms with Crippen LogP contribution in [0.25, 0.3) is 0 Å². The zero-order valence-electron chi connectivity index (χ0n) is 14.8. The zero-order chi connectivity index (χ0) is 18.1. The van der Waals surface area contributed by atoms with Crippen LogP contribution in [-0.4, -0.2) is 59.1 Å². The summed E-state index contributed by atoms with van der Waals surface area (Å²) in [4.78, 5) is 33.0. The molecule has 2 fully saturated rings. The van der Waals surface area contributed by atoms with Crippen LogP contribution in [0.2, 0.25) is 0 Å². The molecule has 1 aromatic carbocycles. The lowest BCUT2D eigenvalue weighted by Crippen LogP contribution is -2.43. The number of ether oxygens (including phenoxy) is 1. The van der Waals surface area contributed by atoms with Gasteiger partial charge in [-0.1, -0.05) is 18.2 Å². The van der Waals surface area contributed by atoms with Gasteiger partial charge in [0, 0.05) is 44.0 Å². The molecule has 0 saturated carbocycles. The third-order valence-corrected chi connectivity index (χ3v) is 5.15. The van der Waals surface area contributed by atoms with Crippen molar-refractivity contribution >= 4 is 17.5 Å². The Morgan fingerprint density at radius 3 is 2.77 bits per heavy atom. The van der Waals surface area contributed by atoms with Crippen LogP contribution in [0.5, 0.6) is 0 Å². The minimum atomic E-state index is -0.244. The number of carbonyl (C=O) groups is 2. The topological polar surface area (TPSA) is 67.7 Å². The van der Waals surface area contributed by atoms with Gasteiger partial charge in [-0.2, -0.15) is 0 Å². The maximum atomic E-state index is 12.7. The van der Waals surface area contributed by atoms with E-state index < -0.39 is 0 Å². The second-order valence-corrected chi connectivity index (χ2v) is 7.21. The average molecular weight is 354 g/mol. The van der Waals surface area contributed by atoms with E-state index in [0.29, 0.717) is 31.9 Å². The molecule has 0 bridgehead atoms. The first-order valence-corrected chi connectivity index (χ1v) is 8.77. The van der Waals surface area contributed by atoms with E-state index in [-0.39, 0.29) is 23.8 Å². The first-order valence-electron chi connectivity index (χ1n) is 8.77. The maximum absolute atomic E-state index is 12.7. The van der Waals surface area contributed by atoms with Crippen LogP contribution < -0.4 is 4.90 Å². The van der Waals surface area contributed by atoms with E-state index >= 15 is 0 Å². The number of likely N-dealkylation sites (tertiary alicyclic amines) is 1. The van der Waals surface area contributed by atoms with Gasteiger partial charge in [-0.3, -0.25) is 9.59 Å². The maximum Gasteiger partial charge on any atom is 0.274 e. The number of nitrogens with zero attached hydrogens (tertiary/aromatic N) is 4. The molecule has 2 aromatic rings. The summed E-state index contributed by atoms with van der Waals surface area (Å²) in [7, 11) is 1.84. The van der Waals surface area contributed by atoms with Gasteiger partial charge in [0.15, 0.2) is 0 Å². The summed E-state index contributed by atoms with van der Waals surface area (Å²) >= 11 is 0. The van der Waals surface area contributed by atoms with Crippen molar-refractivity contribution in [2.24, 2.45) is 12.5 Å². The van der Waals surface area contributed by atoms with Crippen LogP contribution in [0, 0.1) is 5.41 Å². The smallest absolute Gasteiger partial charge is 0.274 e. The van der Waals surface area contributed by atoms with Gasteiger partial charge in [0.2, 0.25) is 0 Å². The Bertz CT molecular complexity index is 819. The largest absolute Gasteiger partial charge is 0.371 e. The van der Waals surface area contributed by atoms with Crippen molar-refractivity contribution < 1.29 is 14.3 Å². The van der Waals surface area contributed by atoms with E-state index in [4.69, 9.17) is 4.74 Å². The van der Waals surface area contributed by atoms with E-state index in [1.807, 2.05) is 42.3 Å². The number of carbonyl (C=O) groups excluding carboxylic acids is 2. The number of hydrogen-bond acceptors (Lipinski definition) is 4. The Labute approximate surface area is 152 Å². The van der Waals surface area contributed by atoms with Crippen molar-refractivity contribution in [3.63, 3.8) is 0 Å². The average Bonchev–Trinajstić information content (AvgIpc) is 3.22. The molecule has 0 N–H and O–H groups in total. The third kappa shape index (κ3) is 3.10. The highest BCUT2D eigenvalue weighted by Crippen LogP contribution is 2.35. The molecule has 7 heteroatoms. The Kier molecular flexibility index (Phi) is 4.24. The summed E-state index contributed by atoms with van der Waals surface area (Å²) in [6.45, 7) is 2.33. The number of aryl methyl sites for hydroxylation is 1. The molecule has 2 saturated heterocycles. The molecule has 0 radical (unpaired) electrons. The normalized spacial score (nSPS) is 23.5. The number of amides is 2. The predicted molar refractivity (Wildman–Crippen MR) is 95.8 cm³/mol. The van der Waals surface area contributed by atoms with E-state index in [0.717, 1.165) is 12.1 Å². The van der Waals surface area contributed by atoms with Gasteiger partial charge in [0.25, 0.3) is 11.8 Å². The first-order chi connectivity index (χ1) is 12.6. The molecule has 26 heavy (non-hydrogen) atoms. The lowest BCUT2D eigenvalue weighted by molar-refractivity contribution is -0.122. The molecule has 3 heterocycles. The van der Waals surface area contributed by atoms with E-state index in [2.05, 4.69) is 4.98 Å². The number of benzene rings is 1. The number of hydrogen-bond donors (Lipinski definition) is 0. The van der Waals surface area contributed by atoms with Gasteiger partial charge >= 0.3 is 0 Å². The Balaban J connectivity index is 1.54. The van der Waals surface area contributed by atoms with Crippen LogP contribution in [0.3, 0.4) is 0 Å². The lowest BCUT2D eigenvalue weighted by atomic mass is 9.87. The lowest BCUT2D eigenvalue weighted by Gasteiger charge is -2.31. The third-order valence-electron chi connectivity index (χ3n) is 5.15. The zero-order valence-corrected chi connectivity index (χ0v) is 14.8. The highest BCUT2D eigenvalue weighted by molar-refractivity contribution is 5.95. The quantitative estimate of drug-likeness (QED) is 0.816. The highest BCUT2D eigenvalue weighted by Gasteiger charge is 2.44. The molecular formula is C19H22N4O3. The predicted octanol–water partition coefficient (Wildman–Crippen LogP) is 1.32. The molecule has 2 aliphatic rings. The standard InChI is InChI=1S/C19H22N4O3/c1-21-9-16(20-14-21)18(25)22-8-7-19(11-22)12-23(17(24)10-26-13-19)15-5-3-2-4-6-15/h2-6,9,14H,7-8,10-13H2,1H3. The van der Waals surface area contributed by atoms with E-state index in [1.165, 1.54) is 0 Å². The number of aromatic nitrogens is 2. The van der Waals surface area contributed by atoms with Crippen LogP contribution in [0.15, 0.2) is 42.9 Å². The molecule has 2 aliphatic heterocycles. The van der Waals surface area contributed by atoms with Crippen LogP contribution in [-0.2, 0) is 16.6 Å². The fourth-order valence-corrected chi connectivity index (χ4v) is 3.79.